The van der Waals surface area contributed by atoms with E-state index in [-0.39, 0.29) is 5.69 Å². The molecular weight excluding hydrogens is 292 g/mol. The van der Waals surface area contributed by atoms with E-state index in [0.29, 0.717) is 19.2 Å². The molecule has 0 aliphatic carbocycles. The van der Waals surface area contributed by atoms with Crippen molar-refractivity contribution >= 4 is 54.8 Å². The molecule has 0 amide bonds. The fraction of sp³-hybridized carbons (Fsp3) is 0. The molecule has 0 spiro atoms. The van der Waals surface area contributed by atoms with Gasteiger partial charge in [0, 0.05) is 6.07 Å². The van der Waals surface area contributed by atoms with Crippen molar-refractivity contribution in [3.05, 3.63) is 31.2 Å². The molecule has 72 valence electrons. The predicted molar refractivity (Wildman–Crippen MR) is 59.0 cm³/mol. The van der Waals surface area contributed by atoms with E-state index in [2.05, 4.69) is 20.9 Å². The summed E-state index contributed by atoms with van der Waals surface area (Å²) in [6.45, 7) is 0. The zero-order valence-corrected chi connectivity index (χ0v) is 9.69. The summed E-state index contributed by atoms with van der Waals surface area (Å²) in [5, 5.41) is 10.6. The molecule has 0 saturated heterocycles. The van der Waals surface area contributed by atoms with Gasteiger partial charge in [0.05, 0.1) is 19.6 Å². The van der Waals surface area contributed by atoms with Crippen molar-refractivity contribution in [1.29, 1.82) is 0 Å². The number of fused-ring (bicyclic) bond motifs is 1. The molecule has 0 fully saturated rings. The van der Waals surface area contributed by atoms with Gasteiger partial charge in [-0.05, 0) is 22.0 Å². The molecule has 1 aromatic heterocycles. The summed E-state index contributed by atoms with van der Waals surface area (Å²) in [7, 11) is 0. The third-order valence-electron chi connectivity index (χ3n) is 1.63. The minimum absolute atomic E-state index is 0.0258. The number of nitro benzene ring substituents is 1. The standard InChI is InChI=1S/C7H2BrClN2O2S/c8-3-1-4-6(14-7(9)10-4)2-5(3)11(12)13/h1-2H. The third-order valence-corrected chi connectivity index (χ3v) is 3.39. The topological polar surface area (TPSA) is 56.0 Å². The smallest absolute Gasteiger partial charge is 0.258 e. The van der Waals surface area contributed by atoms with Gasteiger partial charge in [-0.2, -0.15) is 0 Å². The number of hydrogen-bond donors (Lipinski definition) is 0. The average Bonchev–Trinajstić information content (AvgIpc) is 2.42. The second-order valence-corrected chi connectivity index (χ2v) is 4.96. The van der Waals surface area contributed by atoms with E-state index >= 15 is 0 Å². The number of aromatic nitrogens is 1. The van der Waals surface area contributed by atoms with E-state index in [4.69, 9.17) is 11.6 Å². The Labute approximate surface area is 95.8 Å². The van der Waals surface area contributed by atoms with Crippen LogP contribution in [0.15, 0.2) is 16.6 Å². The van der Waals surface area contributed by atoms with Crippen molar-refractivity contribution in [3.8, 4) is 0 Å². The second-order valence-electron chi connectivity index (χ2n) is 2.50. The van der Waals surface area contributed by atoms with Gasteiger partial charge < -0.3 is 0 Å². The number of hydrogen-bond acceptors (Lipinski definition) is 4. The van der Waals surface area contributed by atoms with Gasteiger partial charge in [0.1, 0.15) is 0 Å². The first kappa shape index (κ1) is 9.82. The fourth-order valence-electron chi connectivity index (χ4n) is 1.05. The maximum atomic E-state index is 10.6. The van der Waals surface area contributed by atoms with E-state index in [0.717, 1.165) is 0 Å². The molecule has 0 saturated carbocycles. The highest BCUT2D eigenvalue weighted by Gasteiger charge is 2.14. The Hall–Kier alpha value is -0.720. The first-order valence-corrected chi connectivity index (χ1v) is 5.46. The van der Waals surface area contributed by atoms with Gasteiger partial charge in [0.15, 0.2) is 4.47 Å². The van der Waals surface area contributed by atoms with Gasteiger partial charge in [-0.3, -0.25) is 10.1 Å². The maximum absolute atomic E-state index is 10.6. The van der Waals surface area contributed by atoms with E-state index in [9.17, 15) is 10.1 Å². The van der Waals surface area contributed by atoms with Gasteiger partial charge >= 0.3 is 0 Å². The highest BCUT2D eigenvalue weighted by molar-refractivity contribution is 9.10. The number of benzene rings is 1. The Morgan fingerprint density at radius 2 is 2.29 bits per heavy atom. The second kappa shape index (κ2) is 3.45. The number of thiazole rings is 1. The summed E-state index contributed by atoms with van der Waals surface area (Å²) in [6, 6.07) is 3.05. The van der Waals surface area contributed by atoms with Crippen LogP contribution in [0, 0.1) is 10.1 Å². The number of nitrogens with zero attached hydrogens (tertiary/aromatic N) is 2. The number of rotatable bonds is 1. The summed E-state index contributed by atoms with van der Waals surface area (Å²) in [4.78, 5) is 14.2. The van der Waals surface area contributed by atoms with Crippen molar-refractivity contribution in [1.82, 2.24) is 4.98 Å². The van der Waals surface area contributed by atoms with Crippen LogP contribution in [0.4, 0.5) is 5.69 Å². The normalized spacial score (nSPS) is 10.7. The van der Waals surface area contributed by atoms with Crippen molar-refractivity contribution in [2.24, 2.45) is 0 Å². The molecule has 0 N–H and O–H groups in total. The van der Waals surface area contributed by atoms with Crippen molar-refractivity contribution in [2.75, 3.05) is 0 Å². The molecular formula is C7H2BrClN2O2S. The monoisotopic (exact) mass is 292 g/mol. The molecule has 4 nitrogen and oxygen atoms in total. The Balaban J connectivity index is 2.76. The minimum Gasteiger partial charge on any atom is -0.258 e. The Kier molecular flexibility index (Phi) is 2.42. The molecule has 0 atom stereocenters. The lowest BCUT2D eigenvalue weighted by atomic mass is 10.3. The molecule has 1 aromatic carbocycles. The van der Waals surface area contributed by atoms with Crippen LogP contribution in [0.25, 0.3) is 10.2 Å². The zero-order valence-electron chi connectivity index (χ0n) is 6.53. The van der Waals surface area contributed by atoms with Crippen LogP contribution in [0.5, 0.6) is 0 Å². The summed E-state index contributed by atoms with van der Waals surface area (Å²) in [6.07, 6.45) is 0. The molecule has 7 heteroatoms. The zero-order chi connectivity index (χ0) is 10.3. The lowest BCUT2D eigenvalue weighted by Gasteiger charge is -1.93. The molecule has 2 aromatic rings. The van der Waals surface area contributed by atoms with Gasteiger partial charge in [0.25, 0.3) is 5.69 Å². The van der Waals surface area contributed by atoms with Gasteiger partial charge in [-0.25, -0.2) is 4.98 Å². The van der Waals surface area contributed by atoms with E-state index < -0.39 is 4.92 Å². The summed E-state index contributed by atoms with van der Waals surface area (Å²) >= 11 is 10.0. The molecule has 0 bridgehead atoms. The lowest BCUT2D eigenvalue weighted by Crippen LogP contribution is -1.88. The molecule has 0 unspecified atom stereocenters. The van der Waals surface area contributed by atoms with Crippen LogP contribution in [0.2, 0.25) is 4.47 Å². The molecule has 2 rings (SSSR count). The number of halogens is 2. The van der Waals surface area contributed by atoms with Crippen molar-refractivity contribution in [2.45, 2.75) is 0 Å². The van der Waals surface area contributed by atoms with E-state index in [1.165, 1.54) is 17.4 Å². The van der Waals surface area contributed by atoms with Gasteiger partial charge in [-0.15, -0.1) is 11.3 Å². The van der Waals surface area contributed by atoms with E-state index in [1.54, 1.807) is 6.07 Å². The third kappa shape index (κ3) is 1.60. The fourth-order valence-corrected chi connectivity index (χ4v) is 2.57. The Bertz CT molecular complexity index is 528. The van der Waals surface area contributed by atoms with Crippen molar-refractivity contribution in [3.63, 3.8) is 0 Å². The Morgan fingerprint density at radius 1 is 1.57 bits per heavy atom. The van der Waals surface area contributed by atoms with Crippen molar-refractivity contribution < 1.29 is 4.92 Å². The highest BCUT2D eigenvalue weighted by atomic mass is 79.9. The maximum Gasteiger partial charge on any atom is 0.285 e. The number of nitro groups is 1. The quantitative estimate of drug-likeness (QED) is 0.596. The van der Waals surface area contributed by atoms with Crippen LogP contribution in [-0.4, -0.2) is 9.91 Å². The SMILES string of the molecule is O=[N+]([O-])c1cc2sc(Cl)nc2cc1Br. The van der Waals surface area contributed by atoms with Gasteiger partial charge in [-0.1, -0.05) is 11.6 Å². The molecule has 0 radical (unpaired) electrons. The Morgan fingerprint density at radius 3 is 2.93 bits per heavy atom. The molecule has 0 aliphatic rings. The van der Waals surface area contributed by atoms with Gasteiger partial charge in [0.2, 0.25) is 0 Å². The summed E-state index contributed by atoms with van der Waals surface area (Å²) in [5.74, 6) is 0. The summed E-state index contributed by atoms with van der Waals surface area (Å²) in [5.41, 5.74) is 0.690. The summed E-state index contributed by atoms with van der Waals surface area (Å²) < 4.78 is 1.51. The van der Waals surface area contributed by atoms with Crippen LogP contribution >= 0.6 is 38.9 Å². The molecule has 14 heavy (non-hydrogen) atoms. The molecule has 1 heterocycles. The van der Waals surface area contributed by atoms with Crippen LogP contribution in [0.1, 0.15) is 0 Å². The highest BCUT2D eigenvalue weighted by Crippen LogP contribution is 2.34. The van der Waals surface area contributed by atoms with Crippen LogP contribution in [0.3, 0.4) is 0 Å². The lowest BCUT2D eigenvalue weighted by molar-refractivity contribution is -0.385. The first-order chi connectivity index (χ1) is 6.58. The largest absolute Gasteiger partial charge is 0.285 e. The minimum atomic E-state index is -0.447. The molecule has 0 aliphatic heterocycles. The average molecular weight is 294 g/mol. The van der Waals surface area contributed by atoms with Crippen LogP contribution in [-0.2, 0) is 0 Å². The first-order valence-electron chi connectivity index (χ1n) is 3.48. The predicted octanol–water partition coefficient (Wildman–Crippen LogP) is 3.62. The van der Waals surface area contributed by atoms with Crippen LogP contribution < -0.4 is 0 Å². The van der Waals surface area contributed by atoms with E-state index in [1.807, 2.05) is 0 Å².